The van der Waals surface area contributed by atoms with Crippen LogP contribution in [0.25, 0.3) is 6.08 Å². The number of carbonyl (C=O) groups excluding carboxylic acids is 1. The lowest BCUT2D eigenvalue weighted by Gasteiger charge is -2.18. The van der Waals surface area contributed by atoms with E-state index in [1.807, 2.05) is 60.7 Å². The summed E-state index contributed by atoms with van der Waals surface area (Å²) in [6.45, 7) is 2.64. The normalized spacial score (nSPS) is 14.2. The number of rotatable bonds is 8. The van der Waals surface area contributed by atoms with Crippen LogP contribution in [0.5, 0.6) is 5.75 Å². The number of amides is 1. The van der Waals surface area contributed by atoms with Crippen LogP contribution in [0.4, 0.5) is 5.82 Å². The minimum absolute atomic E-state index is 0.0519. The van der Waals surface area contributed by atoms with Crippen molar-refractivity contribution in [3.8, 4) is 11.8 Å². The fourth-order valence-corrected chi connectivity index (χ4v) is 5.33. The predicted molar refractivity (Wildman–Crippen MR) is 151 cm³/mol. The van der Waals surface area contributed by atoms with Gasteiger partial charge in [0.2, 0.25) is 0 Å². The molecular formula is C28H26N4O3S2. The number of thiocarbonyl (C=S) groups is 1. The Morgan fingerprint density at radius 3 is 2.46 bits per heavy atom. The monoisotopic (exact) mass is 530 g/mol. The molecule has 1 fully saturated rings. The number of thioether (sulfide) groups is 1. The maximum atomic E-state index is 13.3. The number of nitrogens with one attached hydrogen (secondary N) is 1. The Balaban J connectivity index is 1.65. The summed E-state index contributed by atoms with van der Waals surface area (Å²) < 4.78 is 7.09. The summed E-state index contributed by atoms with van der Waals surface area (Å²) in [5.41, 5.74) is 2.89. The van der Waals surface area contributed by atoms with Crippen LogP contribution < -0.4 is 15.6 Å². The van der Waals surface area contributed by atoms with Crippen molar-refractivity contribution >= 4 is 46.1 Å². The Morgan fingerprint density at radius 2 is 1.81 bits per heavy atom. The van der Waals surface area contributed by atoms with Crippen LogP contribution in [0.15, 0.2) is 64.3 Å². The van der Waals surface area contributed by atoms with Crippen molar-refractivity contribution < 1.29 is 9.53 Å². The summed E-state index contributed by atoms with van der Waals surface area (Å²) in [5, 5.41) is 13.0. The Morgan fingerprint density at radius 1 is 1.11 bits per heavy atom. The van der Waals surface area contributed by atoms with E-state index in [-0.39, 0.29) is 17.0 Å². The molecule has 1 aromatic heterocycles. The number of nitriles is 1. The Labute approximate surface area is 225 Å². The second-order valence-corrected chi connectivity index (χ2v) is 10.2. The maximum Gasteiger partial charge on any atom is 0.270 e. The van der Waals surface area contributed by atoms with Crippen molar-refractivity contribution in [2.45, 2.75) is 19.9 Å². The molecule has 0 unspecified atom stereocenters. The molecule has 3 aromatic rings. The topological polar surface area (TPSA) is 87.4 Å². The van der Waals surface area contributed by atoms with Gasteiger partial charge in [0.25, 0.3) is 11.5 Å². The van der Waals surface area contributed by atoms with Gasteiger partial charge in [-0.15, -0.1) is 0 Å². The summed E-state index contributed by atoms with van der Waals surface area (Å²) in [4.78, 5) is 28.2. The molecule has 2 aromatic carbocycles. The molecule has 1 aliphatic heterocycles. The lowest BCUT2D eigenvalue weighted by Crippen LogP contribution is -2.27. The Bertz CT molecular complexity index is 1470. The number of methoxy groups -OCH3 is 1. The van der Waals surface area contributed by atoms with E-state index in [1.54, 1.807) is 32.1 Å². The number of carbonyl (C=O) groups is 1. The fourth-order valence-electron chi connectivity index (χ4n) is 4.10. The number of hydrogen-bond acceptors (Lipinski definition) is 7. The van der Waals surface area contributed by atoms with Gasteiger partial charge in [-0.1, -0.05) is 66.4 Å². The molecule has 188 valence electrons. The molecule has 37 heavy (non-hydrogen) atoms. The standard InChI is InChI=1S/C28H26N4O3S2/c1-18-22(15-24-27(34)32(28(36)37-24)17-20-9-11-21(35-3)12-10-20)25(31(2)26(33)23(18)16-29)30-14-13-19-7-5-4-6-8-19/h4-12,15,30H,13-14,17H2,1-3H3/b24-15+. The highest BCUT2D eigenvalue weighted by Gasteiger charge is 2.32. The molecule has 1 N–H and O–H groups in total. The third kappa shape index (κ3) is 5.61. The quantitative estimate of drug-likeness (QED) is 0.336. The number of aromatic nitrogens is 1. The second-order valence-electron chi connectivity index (χ2n) is 8.52. The minimum atomic E-state index is -0.383. The van der Waals surface area contributed by atoms with Crippen LogP contribution >= 0.6 is 24.0 Å². The summed E-state index contributed by atoms with van der Waals surface area (Å²) in [6, 6.07) is 19.5. The number of nitrogens with zero attached hydrogens (tertiary/aromatic N) is 3. The van der Waals surface area contributed by atoms with Gasteiger partial charge in [-0.25, -0.2) is 0 Å². The number of benzene rings is 2. The molecule has 0 radical (unpaired) electrons. The van der Waals surface area contributed by atoms with E-state index < -0.39 is 0 Å². The van der Waals surface area contributed by atoms with Gasteiger partial charge >= 0.3 is 0 Å². The van der Waals surface area contributed by atoms with E-state index in [0.29, 0.717) is 39.3 Å². The van der Waals surface area contributed by atoms with Gasteiger partial charge in [0, 0.05) is 19.2 Å². The summed E-state index contributed by atoms with van der Waals surface area (Å²) in [7, 11) is 3.23. The van der Waals surface area contributed by atoms with Crippen LogP contribution in [0.1, 0.15) is 27.8 Å². The van der Waals surface area contributed by atoms with Crippen LogP contribution in [-0.4, -0.2) is 33.3 Å². The molecule has 4 rings (SSSR count). The SMILES string of the molecule is COc1ccc(CN2C(=O)/C(=C\c3c(C)c(C#N)c(=O)n(C)c3NCCc3ccccc3)SC2=S)cc1. The maximum absolute atomic E-state index is 13.3. The zero-order valence-electron chi connectivity index (χ0n) is 20.8. The van der Waals surface area contributed by atoms with Gasteiger partial charge in [-0.05, 0) is 48.2 Å². The summed E-state index contributed by atoms with van der Waals surface area (Å²) >= 11 is 6.73. The average molecular weight is 531 g/mol. The van der Waals surface area contributed by atoms with Gasteiger partial charge in [-0.2, -0.15) is 5.26 Å². The molecule has 0 atom stereocenters. The van der Waals surface area contributed by atoms with Crippen molar-refractivity contribution in [1.82, 2.24) is 9.47 Å². The third-order valence-corrected chi connectivity index (χ3v) is 7.58. The van der Waals surface area contributed by atoms with Gasteiger partial charge < -0.3 is 10.1 Å². The zero-order valence-corrected chi connectivity index (χ0v) is 22.4. The van der Waals surface area contributed by atoms with Crippen LogP contribution in [0.3, 0.4) is 0 Å². The van der Waals surface area contributed by atoms with Crippen molar-refractivity contribution in [2.75, 3.05) is 19.0 Å². The van der Waals surface area contributed by atoms with E-state index >= 15 is 0 Å². The summed E-state index contributed by atoms with van der Waals surface area (Å²) in [6.07, 6.45) is 2.48. The Kier molecular flexibility index (Phi) is 8.11. The molecule has 7 nitrogen and oxygen atoms in total. The predicted octanol–water partition coefficient (Wildman–Crippen LogP) is 4.63. The molecule has 0 aliphatic carbocycles. The second kappa shape index (κ2) is 11.5. The van der Waals surface area contributed by atoms with E-state index in [2.05, 4.69) is 5.32 Å². The summed E-state index contributed by atoms with van der Waals surface area (Å²) in [5.74, 6) is 1.07. The largest absolute Gasteiger partial charge is 0.497 e. The molecule has 1 aliphatic rings. The zero-order chi connectivity index (χ0) is 26.5. The molecule has 1 saturated heterocycles. The first-order valence-corrected chi connectivity index (χ1v) is 12.9. The molecule has 0 spiro atoms. The number of ether oxygens (including phenoxy) is 1. The van der Waals surface area contributed by atoms with Gasteiger partial charge in [0.15, 0.2) is 0 Å². The molecule has 9 heteroatoms. The lowest BCUT2D eigenvalue weighted by molar-refractivity contribution is -0.122. The highest BCUT2D eigenvalue weighted by molar-refractivity contribution is 8.26. The Hall–Kier alpha value is -3.87. The van der Waals surface area contributed by atoms with Gasteiger partial charge in [0.1, 0.15) is 27.5 Å². The first-order chi connectivity index (χ1) is 17.8. The van der Waals surface area contributed by atoms with E-state index in [1.165, 1.54) is 16.3 Å². The average Bonchev–Trinajstić information content (AvgIpc) is 3.17. The molecule has 0 bridgehead atoms. The van der Waals surface area contributed by atoms with Crippen LogP contribution in [-0.2, 0) is 24.8 Å². The van der Waals surface area contributed by atoms with E-state index in [0.717, 1.165) is 23.3 Å². The smallest absolute Gasteiger partial charge is 0.270 e. The van der Waals surface area contributed by atoms with Crippen molar-refractivity contribution in [3.63, 3.8) is 0 Å². The van der Waals surface area contributed by atoms with E-state index in [4.69, 9.17) is 17.0 Å². The third-order valence-electron chi connectivity index (χ3n) is 6.20. The van der Waals surface area contributed by atoms with Crippen molar-refractivity contribution in [2.24, 2.45) is 7.05 Å². The van der Waals surface area contributed by atoms with Gasteiger partial charge in [-0.3, -0.25) is 19.1 Å². The molecule has 2 heterocycles. The lowest BCUT2D eigenvalue weighted by atomic mass is 10.0. The fraction of sp³-hybridized carbons (Fsp3) is 0.214. The number of pyridine rings is 1. The molecular weight excluding hydrogens is 504 g/mol. The minimum Gasteiger partial charge on any atom is -0.497 e. The number of anilines is 1. The first kappa shape index (κ1) is 26.2. The highest BCUT2D eigenvalue weighted by atomic mass is 32.2. The van der Waals surface area contributed by atoms with Gasteiger partial charge in [0.05, 0.1) is 18.6 Å². The highest BCUT2D eigenvalue weighted by Crippen LogP contribution is 2.35. The van der Waals surface area contributed by atoms with Crippen molar-refractivity contribution in [1.29, 1.82) is 5.26 Å². The van der Waals surface area contributed by atoms with Crippen LogP contribution in [0, 0.1) is 18.3 Å². The molecule has 1 amide bonds. The van der Waals surface area contributed by atoms with Crippen molar-refractivity contribution in [3.05, 3.63) is 97.7 Å². The van der Waals surface area contributed by atoms with Crippen LogP contribution in [0.2, 0.25) is 0 Å². The number of hydrogen-bond donors (Lipinski definition) is 1. The molecule has 0 saturated carbocycles. The van der Waals surface area contributed by atoms with E-state index in [9.17, 15) is 14.9 Å². The first-order valence-electron chi connectivity index (χ1n) is 11.6.